The van der Waals surface area contributed by atoms with Crippen molar-refractivity contribution in [2.24, 2.45) is 5.92 Å². The molecule has 0 aromatic carbocycles. The van der Waals surface area contributed by atoms with E-state index in [-0.39, 0.29) is 5.97 Å². The molecule has 0 bridgehead atoms. The Balaban J connectivity index is 3.36. The van der Waals surface area contributed by atoms with Crippen molar-refractivity contribution in [3.63, 3.8) is 0 Å². The van der Waals surface area contributed by atoms with Crippen molar-refractivity contribution >= 4 is 21.9 Å². The summed E-state index contributed by atoms with van der Waals surface area (Å²) < 4.78 is 4.90. The van der Waals surface area contributed by atoms with Gasteiger partial charge in [-0.3, -0.25) is 4.79 Å². The standard InChI is InChI=1S/C8H15BrO2/c1-3-4-11-8(10)5-7(2)6-9/h7H,3-6H2,1-2H3. The van der Waals surface area contributed by atoms with Gasteiger partial charge >= 0.3 is 5.97 Å². The molecule has 66 valence electrons. The summed E-state index contributed by atoms with van der Waals surface area (Å²) in [6.07, 6.45) is 1.42. The molecule has 0 fully saturated rings. The van der Waals surface area contributed by atoms with E-state index in [0.29, 0.717) is 18.9 Å². The van der Waals surface area contributed by atoms with Gasteiger partial charge in [0.05, 0.1) is 6.61 Å². The van der Waals surface area contributed by atoms with Gasteiger partial charge in [0.1, 0.15) is 0 Å². The van der Waals surface area contributed by atoms with E-state index in [9.17, 15) is 4.79 Å². The Bertz CT molecular complexity index is 115. The normalized spacial score (nSPS) is 12.6. The minimum absolute atomic E-state index is 0.0844. The van der Waals surface area contributed by atoms with Crippen molar-refractivity contribution in [2.75, 3.05) is 11.9 Å². The molecule has 0 radical (unpaired) electrons. The topological polar surface area (TPSA) is 26.3 Å². The number of hydrogen-bond acceptors (Lipinski definition) is 2. The highest BCUT2D eigenvalue weighted by Crippen LogP contribution is 2.06. The zero-order valence-electron chi connectivity index (χ0n) is 7.10. The zero-order chi connectivity index (χ0) is 8.69. The Morgan fingerprint density at radius 2 is 2.27 bits per heavy atom. The molecule has 1 atom stereocenters. The molecule has 1 unspecified atom stereocenters. The third-order valence-corrected chi connectivity index (χ3v) is 2.35. The van der Waals surface area contributed by atoms with Crippen LogP contribution in [0.4, 0.5) is 0 Å². The first-order valence-corrected chi connectivity index (χ1v) is 5.04. The zero-order valence-corrected chi connectivity index (χ0v) is 8.69. The van der Waals surface area contributed by atoms with Crippen molar-refractivity contribution in [1.82, 2.24) is 0 Å². The van der Waals surface area contributed by atoms with Crippen LogP contribution in [0.25, 0.3) is 0 Å². The number of alkyl halides is 1. The summed E-state index contributed by atoms with van der Waals surface area (Å²) in [6.45, 7) is 4.55. The minimum atomic E-state index is -0.0844. The average molecular weight is 223 g/mol. The monoisotopic (exact) mass is 222 g/mol. The molecule has 0 N–H and O–H groups in total. The van der Waals surface area contributed by atoms with Gasteiger partial charge in [0.25, 0.3) is 0 Å². The highest BCUT2D eigenvalue weighted by molar-refractivity contribution is 9.09. The summed E-state index contributed by atoms with van der Waals surface area (Å²) in [4.78, 5) is 10.9. The van der Waals surface area contributed by atoms with Gasteiger partial charge < -0.3 is 4.74 Å². The molecule has 0 saturated carbocycles. The molecular formula is C8H15BrO2. The van der Waals surface area contributed by atoms with E-state index in [2.05, 4.69) is 15.9 Å². The fraction of sp³-hybridized carbons (Fsp3) is 0.875. The number of rotatable bonds is 5. The van der Waals surface area contributed by atoms with Crippen LogP contribution in [0.15, 0.2) is 0 Å². The van der Waals surface area contributed by atoms with Crippen LogP contribution < -0.4 is 0 Å². The lowest BCUT2D eigenvalue weighted by molar-refractivity contribution is -0.144. The third kappa shape index (κ3) is 6.35. The SMILES string of the molecule is CCCOC(=O)CC(C)CBr. The Kier molecular flexibility index (Phi) is 6.62. The van der Waals surface area contributed by atoms with Crippen molar-refractivity contribution in [3.05, 3.63) is 0 Å². The maximum Gasteiger partial charge on any atom is 0.306 e. The number of halogens is 1. The van der Waals surface area contributed by atoms with Crippen LogP contribution in [0, 0.1) is 5.92 Å². The van der Waals surface area contributed by atoms with E-state index >= 15 is 0 Å². The third-order valence-electron chi connectivity index (χ3n) is 1.25. The average Bonchev–Trinajstić information content (AvgIpc) is 2.00. The second-order valence-corrected chi connectivity index (χ2v) is 3.33. The summed E-state index contributed by atoms with van der Waals surface area (Å²) in [5, 5.41) is 0.855. The molecule has 0 rings (SSSR count). The van der Waals surface area contributed by atoms with Crippen LogP contribution >= 0.6 is 15.9 Å². The maximum absolute atomic E-state index is 10.9. The van der Waals surface area contributed by atoms with Gasteiger partial charge in [-0.1, -0.05) is 29.8 Å². The van der Waals surface area contributed by atoms with Gasteiger partial charge in [-0.05, 0) is 12.3 Å². The predicted molar refractivity (Wildman–Crippen MR) is 48.8 cm³/mol. The fourth-order valence-corrected chi connectivity index (χ4v) is 0.843. The molecule has 0 aromatic heterocycles. The Hall–Kier alpha value is -0.0500. The molecule has 2 nitrogen and oxygen atoms in total. The molecule has 0 aromatic rings. The van der Waals surface area contributed by atoms with Gasteiger partial charge in [-0.25, -0.2) is 0 Å². The number of hydrogen-bond donors (Lipinski definition) is 0. The molecule has 0 amide bonds. The number of esters is 1. The lowest BCUT2D eigenvalue weighted by Gasteiger charge is -2.06. The second kappa shape index (κ2) is 6.65. The van der Waals surface area contributed by atoms with Gasteiger partial charge in [0.2, 0.25) is 0 Å². The summed E-state index contributed by atoms with van der Waals surface area (Å²) in [5.41, 5.74) is 0. The summed E-state index contributed by atoms with van der Waals surface area (Å²) in [5.74, 6) is 0.290. The van der Waals surface area contributed by atoms with E-state index in [0.717, 1.165) is 11.8 Å². The second-order valence-electron chi connectivity index (χ2n) is 2.68. The lowest BCUT2D eigenvalue weighted by Crippen LogP contribution is -2.10. The van der Waals surface area contributed by atoms with Gasteiger partial charge in [0.15, 0.2) is 0 Å². The largest absolute Gasteiger partial charge is 0.466 e. The Labute approximate surface area is 76.4 Å². The highest BCUT2D eigenvalue weighted by atomic mass is 79.9. The Morgan fingerprint density at radius 1 is 1.64 bits per heavy atom. The highest BCUT2D eigenvalue weighted by Gasteiger charge is 2.07. The first-order valence-electron chi connectivity index (χ1n) is 3.92. The molecule has 0 aliphatic carbocycles. The molecule has 0 spiro atoms. The molecule has 0 heterocycles. The van der Waals surface area contributed by atoms with Crippen molar-refractivity contribution in [1.29, 1.82) is 0 Å². The first-order chi connectivity index (χ1) is 5.20. The van der Waals surface area contributed by atoms with Crippen molar-refractivity contribution in [2.45, 2.75) is 26.7 Å². The van der Waals surface area contributed by atoms with Gasteiger partial charge in [-0.2, -0.15) is 0 Å². The van der Waals surface area contributed by atoms with Crippen LogP contribution in [0.1, 0.15) is 26.7 Å². The summed E-state index contributed by atoms with van der Waals surface area (Å²) >= 11 is 3.30. The quantitative estimate of drug-likeness (QED) is 0.528. The van der Waals surface area contributed by atoms with E-state index in [1.807, 2.05) is 13.8 Å². The fourth-order valence-electron chi connectivity index (χ4n) is 0.614. The van der Waals surface area contributed by atoms with Gasteiger partial charge in [0, 0.05) is 11.8 Å². The van der Waals surface area contributed by atoms with Crippen molar-refractivity contribution < 1.29 is 9.53 Å². The van der Waals surface area contributed by atoms with Crippen molar-refractivity contribution in [3.8, 4) is 0 Å². The number of ether oxygens (including phenoxy) is 1. The smallest absolute Gasteiger partial charge is 0.306 e. The molecular weight excluding hydrogens is 208 g/mol. The minimum Gasteiger partial charge on any atom is -0.466 e. The van der Waals surface area contributed by atoms with Crippen LogP contribution in [-0.2, 0) is 9.53 Å². The van der Waals surface area contributed by atoms with E-state index in [1.165, 1.54) is 0 Å². The maximum atomic E-state index is 10.9. The van der Waals surface area contributed by atoms with E-state index in [1.54, 1.807) is 0 Å². The molecule has 0 aliphatic heterocycles. The van der Waals surface area contributed by atoms with E-state index in [4.69, 9.17) is 4.74 Å². The first kappa shape index (κ1) is 11.0. The summed E-state index contributed by atoms with van der Waals surface area (Å²) in [6, 6.07) is 0. The van der Waals surface area contributed by atoms with Crippen LogP contribution in [0.3, 0.4) is 0 Å². The predicted octanol–water partition coefficient (Wildman–Crippen LogP) is 2.36. The summed E-state index contributed by atoms with van der Waals surface area (Å²) in [7, 11) is 0. The van der Waals surface area contributed by atoms with Crippen LogP contribution in [0.2, 0.25) is 0 Å². The Morgan fingerprint density at radius 3 is 2.73 bits per heavy atom. The van der Waals surface area contributed by atoms with Gasteiger partial charge in [-0.15, -0.1) is 0 Å². The number of carbonyl (C=O) groups is 1. The molecule has 0 saturated heterocycles. The van der Waals surface area contributed by atoms with Crippen LogP contribution in [-0.4, -0.2) is 17.9 Å². The molecule has 11 heavy (non-hydrogen) atoms. The molecule has 0 aliphatic rings. The van der Waals surface area contributed by atoms with E-state index < -0.39 is 0 Å². The van der Waals surface area contributed by atoms with Crippen LogP contribution in [0.5, 0.6) is 0 Å². The molecule has 3 heteroatoms. The number of carbonyl (C=O) groups excluding carboxylic acids is 1. The lowest BCUT2D eigenvalue weighted by atomic mass is 10.1.